The van der Waals surface area contributed by atoms with Crippen LogP contribution in [-0.4, -0.2) is 38.5 Å². The van der Waals surface area contributed by atoms with Gasteiger partial charge in [0.2, 0.25) is 0 Å². The number of hydrogen-bond acceptors (Lipinski definition) is 3. The molecule has 19 heavy (non-hydrogen) atoms. The maximum absolute atomic E-state index is 5.44. The maximum atomic E-state index is 5.44. The molecule has 1 fully saturated rings. The second-order valence-electron chi connectivity index (χ2n) is 4.70. The minimum atomic E-state index is 0. The quantitative estimate of drug-likeness (QED) is 0.776. The van der Waals surface area contributed by atoms with Gasteiger partial charge < -0.3 is 9.47 Å². The Labute approximate surface area is 121 Å². The third-order valence-electron chi connectivity index (χ3n) is 3.31. The van der Waals surface area contributed by atoms with Crippen molar-refractivity contribution in [2.45, 2.75) is 6.04 Å². The number of hydrogen-bond donors (Lipinski definition) is 0. The summed E-state index contributed by atoms with van der Waals surface area (Å²) in [5.41, 5.74) is 1.31. The second-order valence-corrected chi connectivity index (χ2v) is 4.70. The molecule has 0 amide bonds. The molecule has 1 unspecified atom stereocenters. The summed E-state index contributed by atoms with van der Waals surface area (Å²) in [5, 5.41) is 0. The lowest BCUT2D eigenvalue weighted by molar-refractivity contribution is -0.140. The molecule has 0 bridgehead atoms. The van der Waals surface area contributed by atoms with Gasteiger partial charge >= 0.3 is 0 Å². The van der Waals surface area contributed by atoms with Crippen LogP contribution in [0.3, 0.4) is 0 Å². The molecule has 0 aliphatic carbocycles. The SMILES string of the molecule is C=CCN(C)C(c1ccccc1)C1COCOC1.Cl. The smallest absolute Gasteiger partial charge is 0.146 e. The zero-order valence-electron chi connectivity index (χ0n) is 11.3. The van der Waals surface area contributed by atoms with Crippen LogP contribution < -0.4 is 0 Å². The van der Waals surface area contributed by atoms with E-state index in [0.29, 0.717) is 18.8 Å². The summed E-state index contributed by atoms with van der Waals surface area (Å²) < 4.78 is 10.9. The Kier molecular flexibility index (Phi) is 7.10. The number of rotatable bonds is 5. The fraction of sp³-hybridized carbons (Fsp3) is 0.467. The van der Waals surface area contributed by atoms with Gasteiger partial charge in [-0.15, -0.1) is 19.0 Å². The van der Waals surface area contributed by atoms with Crippen molar-refractivity contribution >= 4 is 12.4 Å². The van der Waals surface area contributed by atoms with Gasteiger partial charge in [0.15, 0.2) is 0 Å². The number of likely N-dealkylation sites (N-methyl/N-ethyl adjacent to an activating group) is 1. The van der Waals surface area contributed by atoms with Gasteiger partial charge in [-0.25, -0.2) is 0 Å². The summed E-state index contributed by atoms with van der Waals surface area (Å²) in [6.07, 6.45) is 1.93. The minimum Gasteiger partial charge on any atom is -0.355 e. The molecule has 1 aromatic carbocycles. The number of benzene rings is 1. The molecule has 106 valence electrons. The van der Waals surface area contributed by atoms with Crippen LogP contribution in [-0.2, 0) is 9.47 Å². The molecular weight excluding hydrogens is 262 g/mol. The maximum Gasteiger partial charge on any atom is 0.146 e. The first-order valence-corrected chi connectivity index (χ1v) is 6.34. The van der Waals surface area contributed by atoms with E-state index in [1.165, 1.54) is 5.56 Å². The Hall–Kier alpha value is -0.870. The third kappa shape index (κ3) is 4.32. The Bertz CT molecular complexity index is 366. The number of halogens is 1. The van der Waals surface area contributed by atoms with E-state index in [1.54, 1.807) is 0 Å². The Balaban J connectivity index is 0.00000180. The molecule has 0 spiro atoms. The molecular formula is C15H22ClNO2. The van der Waals surface area contributed by atoms with Crippen molar-refractivity contribution in [2.24, 2.45) is 5.92 Å². The lowest BCUT2D eigenvalue weighted by Gasteiger charge is -2.36. The van der Waals surface area contributed by atoms with Crippen LogP contribution >= 0.6 is 12.4 Å². The minimum absolute atomic E-state index is 0. The second kappa shape index (κ2) is 8.33. The highest BCUT2D eigenvalue weighted by atomic mass is 35.5. The number of nitrogens with zero attached hydrogens (tertiary/aromatic N) is 1. The van der Waals surface area contributed by atoms with Crippen LogP contribution in [0.4, 0.5) is 0 Å². The average molecular weight is 284 g/mol. The van der Waals surface area contributed by atoms with E-state index in [0.717, 1.165) is 19.8 Å². The van der Waals surface area contributed by atoms with E-state index >= 15 is 0 Å². The standard InChI is InChI=1S/C15H21NO2.ClH/c1-3-9-16(2)15(13-7-5-4-6-8-13)14-10-17-12-18-11-14;/h3-8,14-15H,1,9-12H2,2H3;1H. The predicted molar refractivity (Wildman–Crippen MR) is 79.5 cm³/mol. The van der Waals surface area contributed by atoms with Crippen LogP contribution in [0, 0.1) is 5.92 Å². The Morgan fingerprint density at radius 3 is 2.53 bits per heavy atom. The first kappa shape index (κ1) is 16.2. The summed E-state index contributed by atoms with van der Waals surface area (Å²) in [7, 11) is 2.12. The molecule has 4 heteroatoms. The highest BCUT2D eigenvalue weighted by Crippen LogP contribution is 2.29. The van der Waals surface area contributed by atoms with E-state index in [2.05, 4.69) is 42.8 Å². The summed E-state index contributed by atoms with van der Waals surface area (Å²) in [5.74, 6) is 0.367. The van der Waals surface area contributed by atoms with E-state index in [1.807, 2.05) is 12.1 Å². The molecule has 0 radical (unpaired) electrons. The van der Waals surface area contributed by atoms with Crippen LogP contribution in [0.1, 0.15) is 11.6 Å². The van der Waals surface area contributed by atoms with Crippen LogP contribution in [0.2, 0.25) is 0 Å². The molecule has 1 atom stereocenters. The van der Waals surface area contributed by atoms with Gasteiger partial charge in [0.05, 0.1) is 13.2 Å². The molecule has 2 rings (SSSR count). The van der Waals surface area contributed by atoms with Crippen molar-refractivity contribution in [1.29, 1.82) is 0 Å². The molecule has 0 saturated carbocycles. The van der Waals surface area contributed by atoms with Crippen LogP contribution in [0.15, 0.2) is 43.0 Å². The molecule has 1 heterocycles. The Morgan fingerprint density at radius 1 is 1.32 bits per heavy atom. The molecule has 1 aromatic rings. The van der Waals surface area contributed by atoms with Gasteiger partial charge in [-0.1, -0.05) is 36.4 Å². The normalized spacial score (nSPS) is 17.8. The number of ether oxygens (including phenoxy) is 2. The lowest BCUT2D eigenvalue weighted by atomic mass is 9.92. The van der Waals surface area contributed by atoms with Crippen molar-refractivity contribution in [3.63, 3.8) is 0 Å². The predicted octanol–water partition coefficient (Wildman–Crippen LogP) is 2.89. The zero-order valence-corrected chi connectivity index (χ0v) is 12.1. The highest BCUT2D eigenvalue weighted by molar-refractivity contribution is 5.85. The first-order chi connectivity index (χ1) is 8.83. The van der Waals surface area contributed by atoms with E-state index in [-0.39, 0.29) is 12.4 Å². The van der Waals surface area contributed by atoms with Gasteiger partial charge in [-0.05, 0) is 12.6 Å². The van der Waals surface area contributed by atoms with Crippen molar-refractivity contribution in [2.75, 3.05) is 33.6 Å². The van der Waals surface area contributed by atoms with E-state index < -0.39 is 0 Å². The monoisotopic (exact) mass is 283 g/mol. The largest absolute Gasteiger partial charge is 0.355 e. The van der Waals surface area contributed by atoms with Crippen molar-refractivity contribution < 1.29 is 9.47 Å². The van der Waals surface area contributed by atoms with Gasteiger partial charge in [0.25, 0.3) is 0 Å². The van der Waals surface area contributed by atoms with E-state index in [4.69, 9.17) is 9.47 Å². The lowest BCUT2D eigenvalue weighted by Crippen LogP contribution is -2.38. The summed E-state index contributed by atoms with van der Waals surface area (Å²) in [6.45, 7) is 6.60. The van der Waals surface area contributed by atoms with Crippen LogP contribution in [0.25, 0.3) is 0 Å². The fourth-order valence-electron chi connectivity index (χ4n) is 2.54. The van der Waals surface area contributed by atoms with Crippen molar-refractivity contribution in [3.8, 4) is 0 Å². The first-order valence-electron chi connectivity index (χ1n) is 6.34. The van der Waals surface area contributed by atoms with Gasteiger partial charge in [0.1, 0.15) is 6.79 Å². The van der Waals surface area contributed by atoms with Crippen molar-refractivity contribution in [1.82, 2.24) is 4.90 Å². The molecule has 1 aliphatic rings. The molecule has 1 saturated heterocycles. The molecule has 1 aliphatic heterocycles. The van der Waals surface area contributed by atoms with Gasteiger partial charge in [0, 0.05) is 18.5 Å². The third-order valence-corrected chi connectivity index (χ3v) is 3.31. The topological polar surface area (TPSA) is 21.7 Å². The molecule has 0 N–H and O–H groups in total. The van der Waals surface area contributed by atoms with Crippen molar-refractivity contribution in [3.05, 3.63) is 48.6 Å². The summed E-state index contributed by atoms with van der Waals surface area (Å²) >= 11 is 0. The fourth-order valence-corrected chi connectivity index (χ4v) is 2.54. The molecule has 3 nitrogen and oxygen atoms in total. The Morgan fingerprint density at radius 2 is 1.95 bits per heavy atom. The summed E-state index contributed by atoms with van der Waals surface area (Å²) in [4.78, 5) is 2.30. The van der Waals surface area contributed by atoms with E-state index in [9.17, 15) is 0 Å². The van der Waals surface area contributed by atoms with Gasteiger partial charge in [-0.3, -0.25) is 4.90 Å². The highest BCUT2D eigenvalue weighted by Gasteiger charge is 2.28. The molecule has 0 aromatic heterocycles. The van der Waals surface area contributed by atoms with Crippen LogP contribution in [0.5, 0.6) is 0 Å². The summed E-state index contributed by atoms with van der Waals surface area (Å²) in [6, 6.07) is 10.8. The zero-order chi connectivity index (χ0) is 12.8. The van der Waals surface area contributed by atoms with Gasteiger partial charge in [-0.2, -0.15) is 0 Å². The average Bonchev–Trinajstić information content (AvgIpc) is 2.42.